The van der Waals surface area contributed by atoms with Gasteiger partial charge in [0.2, 0.25) is 0 Å². The number of hydrogen-bond donors (Lipinski definition) is 1. The number of benzene rings is 2. The Kier molecular flexibility index (Phi) is 4.12. The number of rotatable bonds is 3. The summed E-state index contributed by atoms with van der Waals surface area (Å²) < 4.78 is 5.61. The minimum atomic E-state index is -0.0809. The fourth-order valence-electron chi connectivity index (χ4n) is 4.49. The van der Waals surface area contributed by atoms with E-state index in [1.807, 2.05) is 37.4 Å². The van der Waals surface area contributed by atoms with Crippen LogP contribution in [0.15, 0.2) is 66.0 Å². The van der Waals surface area contributed by atoms with Crippen molar-refractivity contribution in [2.45, 2.75) is 32.1 Å². The molecule has 2 heterocycles. The quantitative estimate of drug-likeness (QED) is 0.689. The molecule has 0 saturated carbocycles. The number of ether oxygens (including phenoxy) is 1. The standard InChI is InChI=1S/C24H22N2O2/c1-2-28-16-10-8-15(9-11-16)22-23-17-5-4-14-25-18(17)12-13-20(23)26-19-6-3-7-21(27)24(19)22/h4-5,8-14,22,26H,2-3,6-7H2,1H3/t22-/m1/s1. The topological polar surface area (TPSA) is 51.2 Å². The molecular weight excluding hydrogens is 348 g/mol. The molecule has 0 radical (unpaired) electrons. The first kappa shape index (κ1) is 17.0. The molecular formula is C24H22N2O2. The van der Waals surface area contributed by atoms with Gasteiger partial charge in [-0.05, 0) is 61.2 Å². The third-order valence-electron chi connectivity index (χ3n) is 5.67. The van der Waals surface area contributed by atoms with Gasteiger partial charge in [-0.15, -0.1) is 0 Å². The summed E-state index contributed by atoms with van der Waals surface area (Å²) in [5.74, 6) is 1.02. The van der Waals surface area contributed by atoms with E-state index in [4.69, 9.17) is 4.74 Å². The molecule has 4 heteroatoms. The molecule has 0 fully saturated rings. The van der Waals surface area contributed by atoms with Gasteiger partial charge in [-0.2, -0.15) is 0 Å². The highest BCUT2D eigenvalue weighted by atomic mass is 16.5. The summed E-state index contributed by atoms with van der Waals surface area (Å²) in [6.07, 6.45) is 4.25. The largest absolute Gasteiger partial charge is 0.494 e. The maximum atomic E-state index is 13.0. The number of carbonyl (C=O) groups excluding carboxylic acids is 1. The molecule has 0 saturated heterocycles. The third kappa shape index (κ3) is 2.68. The fraction of sp³-hybridized carbons (Fsp3) is 0.250. The average Bonchev–Trinajstić information content (AvgIpc) is 2.73. The van der Waals surface area contributed by atoms with Crippen LogP contribution in [0, 0.1) is 0 Å². The van der Waals surface area contributed by atoms with E-state index in [1.165, 1.54) is 0 Å². The van der Waals surface area contributed by atoms with Gasteiger partial charge in [0.05, 0.1) is 12.1 Å². The van der Waals surface area contributed by atoms with Gasteiger partial charge in [0, 0.05) is 40.9 Å². The van der Waals surface area contributed by atoms with Gasteiger partial charge in [0.1, 0.15) is 5.75 Å². The molecule has 4 nitrogen and oxygen atoms in total. The molecule has 0 unspecified atom stereocenters. The Morgan fingerprint density at radius 1 is 1.11 bits per heavy atom. The zero-order valence-corrected chi connectivity index (χ0v) is 15.9. The minimum absolute atomic E-state index is 0.0809. The van der Waals surface area contributed by atoms with E-state index in [-0.39, 0.29) is 11.7 Å². The molecule has 1 N–H and O–H groups in total. The minimum Gasteiger partial charge on any atom is -0.494 e. The van der Waals surface area contributed by atoms with Crippen LogP contribution in [-0.4, -0.2) is 17.4 Å². The number of fused-ring (bicyclic) bond motifs is 3. The number of ketones is 1. The van der Waals surface area contributed by atoms with E-state index in [1.54, 1.807) is 0 Å². The van der Waals surface area contributed by atoms with E-state index < -0.39 is 0 Å². The summed E-state index contributed by atoms with van der Waals surface area (Å²) in [6, 6.07) is 16.4. The number of Topliss-reactive ketones (excluding diaryl/α,β-unsaturated/α-hetero) is 1. The van der Waals surface area contributed by atoms with Gasteiger partial charge in [0.25, 0.3) is 0 Å². The highest BCUT2D eigenvalue weighted by Crippen LogP contribution is 2.47. The lowest BCUT2D eigenvalue weighted by Crippen LogP contribution is -2.27. The summed E-state index contributed by atoms with van der Waals surface area (Å²) >= 11 is 0. The molecule has 0 spiro atoms. The molecule has 1 aromatic heterocycles. The first-order valence-electron chi connectivity index (χ1n) is 9.90. The van der Waals surface area contributed by atoms with Gasteiger partial charge in [-0.1, -0.05) is 18.2 Å². The fourth-order valence-corrected chi connectivity index (χ4v) is 4.49. The number of hydrogen-bond acceptors (Lipinski definition) is 4. The first-order valence-corrected chi connectivity index (χ1v) is 9.90. The van der Waals surface area contributed by atoms with E-state index >= 15 is 0 Å². The normalized spacial score (nSPS) is 18.5. The summed E-state index contributed by atoms with van der Waals surface area (Å²) in [6.45, 7) is 2.62. The Hall–Kier alpha value is -3.14. The first-order chi connectivity index (χ1) is 13.8. The molecule has 28 heavy (non-hydrogen) atoms. The number of anilines is 1. The Labute approximate surface area is 164 Å². The van der Waals surface area contributed by atoms with Gasteiger partial charge in [-0.25, -0.2) is 0 Å². The van der Waals surface area contributed by atoms with Crippen LogP contribution >= 0.6 is 0 Å². The second-order valence-electron chi connectivity index (χ2n) is 7.33. The molecule has 1 atom stereocenters. The number of allylic oxidation sites excluding steroid dienone is 2. The molecule has 2 aliphatic rings. The summed E-state index contributed by atoms with van der Waals surface area (Å²) in [7, 11) is 0. The molecule has 1 aliphatic carbocycles. The number of nitrogens with one attached hydrogen (secondary N) is 1. The summed E-state index contributed by atoms with van der Waals surface area (Å²) in [5, 5.41) is 4.65. The molecule has 3 aromatic rings. The molecule has 0 amide bonds. The van der Waals surface area contributed by atoms with Crippen molar-refractivity contribution < 1.29 is 9.53 Å². The van der Waals surface area contributed by atoms with Crippen LogP contribution in [0.4, 0.5) is 5.69 Å². The van der Waals surface area contributed by atoms with Gasteiger partial charge in [-0.3, -0.25) is 9.78 Å². The average molecular weight is 370 g/mol. The van der Waals surface area contributed by atoms with Crippen molar-refractivity contribution in [3.05, 3.63) is 77.1 Å². The van der Waals surface area contributed by atoms with Gasteiger partial charge >= 0.3 is 0 Å². The van der Waals surface area contributed by atoms with Crippen molar-refractivity contribution in [3.8, 4) is 5.75 Å². The van der Waals surface area contributed by atoms with Crippen LogP contribution in [0.3, 0.4) is 0 Å². The third-order valence-corrected chi connectivity index (χ3v) is 5.67. The second-order valence-corrected chi connectivity index (χ2v) is 7.33. The van der Waals surface area contributed by atoms with Crippen LogP contribution < -0.4 is 10.1 Å². The molecule has 5 rings (SSSR count). The van der Waals surface area contributed by atoms with Crippen molar-refractivity contribution in [2.24, 2.45) is 0 Å². The predicted octanol–water partition coefficient (Wildman–Crippen LogP) is 5.20. The monoisotopic (exact) mass is 370 g/mol. The highest BCUT2D eigenvalue weighted by Gasteiger charge is 2.36. The lowest BCUT2D eigenvalue weighted by atomic mass is 9.74. The molecule has 140 valence electrons. The summed E-state index contributed by atoms with van der Waals surface area (Å²) in [5.41, 5.74) is 6.28. The number of pyridine rings is 1. The lowest BCUT2D eigenvalue weighted by Gasteiger charge is -2.34. The maximum Gasteiger partial charge on any atom is 0.161 e. The van der Waals surface area contributed by atoms with Gasteiger partial charge < -0.3 is 10.1 Å². The Balaban J connectivity index is 1.75. The van der Waals surface area contributed by atoms with Crippen LogP contribution in [0.25, 0.3) is 10.9 Å². The SMILES string of the molecule is CCOc1ccc([C@H]2C3=C(CCCC3=O)Nc3ccc4ncccc4c32)cc1. The van der Waals surface area contributed by atoms with E-state index in [0.29, 0.717) is 13.0 Å². The van der Waals surface area contributed by atoms with Crippen molar-refractivity contribution in [1.29, 1.82) is 0 Å². The Morgan fingerprint density at radius 3 is 2.79 bits per heavy atom. The molecule has 2 aromatic carbocycles. The smallest absolute Gasteiger partial charge is 0.161 e. The number of carbonyl (C=O) groups is 1. The van der Waals surface area contributed by atoms with Crippen molar-refractivity contribution >= 4 is 22.4 Å². The van der Waals surface area contributed by atoms with Crippen LogP contribution in [0.1, 0.15) is 43.2 Å². The lowest BCUT2D eigenvalue weighted by molar-refractivity contribution is -0.116. The van der Waals surface area contributed by atoms with Crippen molar-refractivity contribution in [3.63, 3.8) is 0 Å². The van der Waals surface area contributed by atoms with Gasteiger partial charge in [0.15, 0.2) is 5.78 Å². The number of aromatic nitrogens is 1. The number of nitrogens with zero attached hydrogens (tertiary/aromatic N) is 1. The van der Waals surface area contributed by atoms with Crippen LogP contribution in [0.5, 0.6) is 5.75 Å². The van der Waals surface area contributed by atoms with Crippen LogP contribution in [-0.2, 0) is 4.79 Å². The van der Waals surface area contributed by atoms with Crippen molar-refractivity contribution in [1.82, 2.24) is 4.98 Å². The zero-order chi connectivity index (χ0) is 19.1. The second kappa shape index (κ2) is 6.79. The Bertz CT molecular complexity index is 1100. The van der Waals surface area contributed by atoms with Crippen molar-refractivity contribution in [2.75, 3.05) is 11.9 Å². The van der Waals surface area contributed by atoms with E-state index in [9.17, 15) is 4.79 Å². The molecule has 0 bridgehead atoms. The summed E-state index contributed by atoms with van der Waals surface area (Å²) in [4.78, 5) is 17.5. The molecule has 1 aliphatic heterocycles. The maximum absolute atomic E-state index is 13.0. The Morgan fingerprint density at radius 2 is 1.96 bits per heavy atom. The van der Waals surface area contributed by atoms with E-state index in [2.05, 4.69) is 34.6 Å². The zero-order valence-electron chi connectivity index (χ0n) is 15.9. The van der Waals surface area contributed by atoms with E-state index in [0.717, 1.165) is 57.6 Å². The highest BCUT2D eigenvalue weighted by molar-refractivity contribution is 6.03. The predicted molar refractivity (Wildman–Crippen MR) is 111 cm³/mol. The van der Waals surface area contributed by atoms with Crippen LogP contribution in [0.2, 0.25) is 0 Å².